The van der Waals surface area contributed by atoms with Crippen LogP contribution in [0.4, 0.5) is 10.9 Å². The van der Waals surface area contributed by atoms with E-state index in [4.69, 9.17) is 5.73 Å². The van der Waals surface area contributed by atoms with Crippen LogP contribution in [0.5, 0.6) is 0 Å². The summed E-state index contributed by atoms with van der Waals surface area (Å²) >= 11 is 1.55. The summed E-state index contributed by atoms with van der Waals surface area (Å²) in [6.07, 6.45) is 0.905. The number of thiazole rings is 1. The summed E-state index contributed by atoms with van der Waals surface area (Å²) in [6.45, 7) is 8.76. The van der Waals surface area contributed by atoms with Crippen molar-refractivity contribution in [2.75, 3.05) is 17.6 Å². The molecule has 3 N–H and O–H groups in total. The lowest BCUT2D eigenvalue weighted by molar-refractivity contribution is 0.951. The van der Waals surface area contributed by atoms with Crippen LogP contribution in [0.3, 0.4) is 0 Å². The van der Waals surface area contributed by atoms with Crippen LogP contribution in [-0.2, 0) is 6.42 Å². The van der Waals surface area contributed by atoms with E-state index < -0.39 is 0 Å². The lowest BCUT2D eigenvalue weighted by atomic mass is 10.2. The zero-order chi connectivity index (χ0) is 14.0. The Kier molecular flexibility index (Phi) is 3.99. The van der Waals surface area contributed by atoms with Crippen molar-refractivity contribution in [1.29, 1.82) is 0 Å². The molecule has 0 aromatic carbocycles. The molecule has 6 heteroatoms. The number of hydrogen-bond acceptors (Lipinski definition) is 6. The highest BCUT2D eigenvalue weighted by Crippen LogP contribution is 2.20. The van der Waals surface area contributed by atoms with Gasteiger partial charge in [-0.25, -0.2) is 15.0 Å². The number of nitrogens with one attached hydrogen (secondary N) is 1. The Labute approximate surface area is 117 Å². The predicted octanol–water partition coefficient (Wildman–Crippen LogP) is 2.40. The maximum Gasteiger partial charge on any atom is 0.180 e. The normalized spacial score (nSPS) is 10.7. The minimum atomic E-state index is 0.636. The molecule has 0 bridgehead atoms. The van der Waals surface area contributed by atoms with E-state index >= 15 is 0 Å². The molecule has 2 rings (SSSR count). The average Bonchev–Trinajstić information content (AvgIpc) is 2.64. The molecule has 0 saturated carbocycles. The second kappa shape index (κ2) is 5.52. The van der Waals surface area contributed by atoms with Crippen LogP contribution >= 0.6 is 11.3 Å². The zero-order valence-corrected chi connectivity index (χ0v) is 12.6. The molecule has 0 amide bonds. The number of nitrogen functional groups attached to an aromatic ring is 1. The van der Waals surface area contributed by atoms with E-state index in [2.05, 4.69) is 20.3 Å². The number of nitrogens with zero attached hydrogens (tertiary/aromatic N) is 3. The van der Waals surface area contributed by atoms with Crippen molar-refractivity contribution in [3.63, 3.8) is 0 Å². The van der Waals surface area contributed by atoms with Gasteiger partial charge in [-0.05, 0) is 27.7 Å². The molecule has 0 unspecified atom stereocenters. The van der Waals surface area contributed by atoms with Crippen molar-refractivity contribution in [3.8, 4) is 0 Å². The Morgan fingerprint density at radius 3 is 2.42 bits per heavy atom. The highest BCUT2D eigenvalue weighted by Gasteiger charge is 2.07. The van der Waals surface area contributed by atoms with Gasteiger partial charge in [0.25, 0.3) is 0 Å². The molecule has 19 heavy (non-hydrogen) atoms. The van der Waals surface area contributed by atoms with Crippen LogP contribution in [-0.4, -0.2) is 21.5 Å². The summed E-state index contributed by atoms with van der Waals surface area (Å²) < 4.78 is 0. The van der Waals surface area contributed by atoms with E-state index in [0.29, 0.717) is 5.13 Å². The van der Waals surface area contributed by atoms with Gasteiger partial charge in [-0.3, -0.25) is 0 Å². The van der Waals surface area contributed by atoms with Gasteiger partial charge in [0.1, 0.15) is 11.6 Å². The minimum absolute atomic E-state index is 0.636. The van der Waals surface area contributed by atoms with Gasteiger partial charge >= 0.3 is 0 Å². The van der Waals surface area contributed by atoms with Gasteiger partial charge in [-0.2, -0.15) is 0 Å². The molecule has 5 nitrogen and oxygen atoms in total. The third-order valence-corrected chi connectivity index (χ3v) is 4.10. The van der Waals surface area contributed by atoms with E-state index in [1.165, 1.54) is 4.88 Å². The van der Waals surface area contributed by atoms with Crippen molar-refractivity contribution >= 4 is 22.3 Å². The summed E-state index contributed by atoms with van der Waals surface area (Å²) in [6, 6.07) is 0. The Morgan fingerprint density at radius 2 is 1.79 bits per heavy atom. The highest BCUT2D eigenvalue weighted by molar-refractivity contribution is 7.15. The SMILES string of the molecule is Cc1nc(C)c(C)c(NCCc2sc(N)nc2C)n1. The average molecular weight is 277 g/mol. The summed E-state index contributed by atoms with van der Waals surface area (Å²) in [4.78, 5) is 14.2. The monoisotopic (exact) mass is 277 g/mol. The van der Waals surface area contributed by atoms with Gasteiger partial charge in [0.05, 0.1) is 5.69 Å². The van der Waals surface area contributed by atoms with E-state index in [0.717, 1.165) is 41.6 Å². The van der Waals surface area contributed by atoms with E-state index in [1.807, 2.05) is 27.7 Å². The van der Waals surface area contributed by atoms with Gasteiger partial charge in [0, 0.05) is 29.1 Å². The first kappa shape index (κ1) is 13.7. The van der Waals surface area contributed by atoms with E-state index in [-0.39, 0.29) is 0 Å². The molecule has 0 aliphatic heterocycles. The third kappa shape index (κ3) is 3.20. The van der Waals surface area contributed by atoms with Crippen LogP contribution in [0.15, 0.2) is 0 Å². The number of hydrogen-bond donors (Lipinski definition) is 2. The first-order chi connectivity index (χ1) is 8.97. The fraction of sp³-hybridized carbons (Fsp3) is 0.462. The molecular weight excluding hydrogens is 258 g/mol. The fourth-order valence-corrected chi connectivity index (χ4v) is 2.75. The molecule has 0 fully saturated rings. The van der Waals surface area contributed by atoms with Crippen molar-refractivity contribution in [2.24, 2.45) is 0 Å². The molecule has 0 radical (unpaired) electrons. The van der Waals surface area contributed by atoms with Gasteiger partial charge in [-0.15, -0.1) is 11.3 Å². The van der Waals surface area contributed by atoms with Gasteiger partial charge in [0.15, 0.2) is 5.13 Å². The summed E-state index contributed by atoms with van der Waals surface area (Å²) in [5.41, 5.74) is 8.84. The zero-order valence-electron chi connectivity index (χ0n) is 11.7. The van der Waals surface area contributed by atoms with Gasteiger partial charge < -0.3 is 11.1 Å². The number of rotatable bonds is 4. The Hall–Kier alpha value is -1.69. The molecule has 0 saturated heterocycles. The lowest BCUT2D eigenvalue weighted by Crippen LogP contribution is -2.10. The van der Waals surface area contributed by atoms with Crippen LogP contribution in [0.2, 0.25) is 0 Å². The largest absolute Gasteiger partial charge is 0.375 e. The summed E-state index contributed by atoms with van der Waals surface area (Å²) in [5.74, 6) is 1.71. The molecule has 2 aromatic rings. The minimum Gasteiger partial charge on any atom is -0.375 e. The van der Waals surface area contributed by atoms with Crippen molar-refractivity contribution in [2.45, 2.75) is 34.1 Å². The van der Waals surface area contributed by atoms with Crippen molar-refractivity contribution in [1.82, 2.24) is 15.0 Å². The first-order valence-electron chi connectivity index (χ1n) is 6.25. The Bertz CT molecular complexity index is 591. The second-order valence-electron chi connectivity index (χ2n) is 4.57. The fourth-order valence-electron chi connectivity index (χ4n) is 1.92. The quantitative estimate of drug-likeness (QED) is 0.897. The van der Waals surface area contributed by atoms with Crippen LogP contribution in [0.25, 0.3) is 0 Å². The van der Waals surface area contributed by atoms with Crippen LogP contribution < -0.4 is 11.1 Å². The third-order valence-electron chi connectivity index (χ3n) is 3.05. The predicted molar refractivity (Wildman–Crippen MR) is 79.7 cm³/mol. The molecule has 2 heterocycles. The lowest BCUT2D eigenvalue weighted by Gasteiger charge is -2.10. The maximum atomic E-state index is 5.69. The maximum absolute atomic E-state index is 5.69. The van der Waals surface area contributed by atoms with Crippen molar-refractivity contribution in [3.05, 3.63) is 27.7 Å². The van der Waals surface area contributed by atoms with Gasteiger partial charge in [-0.1, -0.05) is 0 Å². The van der Waals surface area contributed by atoms with E-state index in [1.54, 1.807) is 11.3 Å². The van der Waals surface area contributed by atoms with E-state index in [9.17, 15) is 0 Å². The first-order valence-corrected chi connectivity index (χ1v) is 7.06. The number of aromatic nitrogens is 3. The Morgan fingerprint density at radius 1 is 1.05 bits per heavy atom. The molecule has 2 aromatic heterocycles. The molecule has 0 aliphatic carbocycles. The number of aryl methyl sites for hydroxylation is 3. The van der Waals surface area contributed by atoms with Gasteiger partial charge in [0.2, 0.25) is 0 Å². The topological polar surface area (TPSA) is 76.7 Å². The molecule has 0 atom stereocenters. The highest BCUT2D eigenvalue weighted by atomic mass is 32.1. The van der Waals surface area contributed by atoms with Crippen LogP contribution in [0, 0.1) is 27.7 Å². The number of nitrogens with two attached hydrogens (primary N) is 1. The molecular formula is C13H19N5S. The van der Waals surface area contributed by atoms with Crippen LogP contribution in [0.1, 0.15) is 27.7 Å². The smallest absolute Gasteiger partial charge is 0.180 e. The number of anilines is 2. The summed E-state index contributed by atoms with van der Waals surface area (Å²) in [7, 11) is 0. The molecule has 102 valence electrons. The standard InChI is InChI=1S/C13H19N5S/c1-7-8(2)16-10(4)18-12(7)15-6-5-11-9(3)17-13(14)19-11/h5-6H2,1-4H3,(H2,14,17)(H,15,16,18). The summed E-state index contributed by atoms with van der Waals surface area (Å²) in [5, 5.41) is 4.00. The molecule has 0 aliphatic rings. The van der Waals surface area contributed by atoms with Crippen molar-refractivity contribution < 1.29 is 0 Å². The Balaban J connectivity index is 2.02. The molecule has 0 spiro atoms. The second-order valence-corrected chi connectivity index (χ2v) is 5.68.